The smallest absolute Gasteiger partial charge is 0.247 e. The van der Waals surface area contributed by atoms with Crippen molar-refractivity contribution < 1.29 is 19.1 Å². The summed E-state index contributed by atoms with van der Waals surface area (Å²) in [6, 6.07) is 1.53. The summed E-state index contributed by atoms with van der Waals surface area (Å²) >= 11 is 12.8. The number of Topliss-reactive ketones (excluding diaryl/α,β-unsaturated/α-hetero) is 1. The molecule has 0 saturated carbocycles. The first-order valence-corrected chi connectivity index (χ1v) is 11.2. The number of carbonyl (C=O) groups is 2. The zero-order valence-electron chi connectivity index (χ0n) is 19.2. The largest absolute Gasteiger partial charge is 0.495 e. The molecule has 0 atom stereocenters. The molecule has 4 rings (SSSR count). The Morgan fingerprint density at radius 2 is 1.91 bits per heavy atom. The number of nitrogens with one attached hydrogen (secondary N) is 1. The van der Waals surface area contributed by atoms with E-state index >= 15 is 0 Å². The standard InChI is InChI=1S/C24H21Cl2N5O4/c1-5-20(32)29-16-11-31(2)30-15(16)8-19-27-10-13-6-12(7-14(13)28-19)24(33)21-22(25)17(34-3)9-18(35-4)23(21)26/h5,7,9-11H,1,6,8H2,2-4H3,(H,29,32). The minimum atomic E-state index is -0.351. The van der Waals surface area contributed by atoms with Crippen LogP contribution in [0.15, 0.2) is 36.7 Å². The number of ether oxygens (including phenoxy) is 2. The fourth-order valence-corrected chi connectivity index (χ4v) is 4.39. The van der Waals surface area contributed by atoms with Crippen LogP contribution in [0, 0.1) is 0 Å². The molecule has 0 radical (unpaired) electrons. The van der Waals surface area contributed by atoms with Crippen LogP contribution in [0.25, 0.3) is 6.08 Å². The SMILES string of the molecule is C=CC(=O)Nc1cn(C)nc1Cc1ncc2c(n1)C=C(C(=O)c1c(Cl)c(OC)cc(OC)c1Cl)C2. The third kappa shape index (κ3) is 4.78. The van der Waals surface area contributed by atoms with Crippen LogP contribution >= 0.6 is 23.2 Å². The summed E-state index contributed by atoms with van der Waals surface area (Å²) in [6.45, 7) is 3.46. The second-order valence-electron chi connectivity index (χ2n) is 7.69. The molecule has 1 aromatic carbocycles. The number of hydrogen-bond donors (Lipinski definition) is 1. The van der Waals surface area contributed by atoms with Crippen LogP contribution in [0.1, 0.15) is 33.1 Å². The molecule has 9 nitrogen and oxygen atoms in total. The number of allylic oxidation sites excluding steroid dienone is 1. The highest BCUT2D eigenvalue weighted by Crippen LogP contribution is 2.42. The molecule has 3 aromatic rings. The van der Waals surface area contributed by atoms with Crippen molar-refractivity contribution in [3.63, 3.8) is 0 Å². The van der Waals surface area contributed by atoms with Gasteiger partial charge in [0.25, 0.3) is 0 Å². The van der Waals surface area contributed by atoms with Crippen LogP contribution in [0.3, 0.4) is 0 Å². The normalized spacial score (nSPS) is 12.1. The summed E-state index contributed by atoms with van der Waals surface area (Å²) in [5.74, 6) is 0.358. The van der Waals surface area contributed by atoms with E-state index in [9.17, 15) is 9.59 Å². The monoisotopic (exact) mass is 513 g/mol. The van der Waals surface area contributed by atoms with Crippen molar-refractivity contribution in [3.8, 4) is 11.5 Å². The number of aromatic nitrogens is 4. The third-order valence-corrected chi connectivity index (χ3v) is 6.16. The Balaban J connectivity index is 1.63. The molecule has 1 N–H and O–H groups in total. The van der Waals surface area contributed by atoms with Crippen molar-refractivity contribution in [2.24, 2.45) is 7.05 Å². The van der Waals surface area contributed by atoms with Gasteiger partial charge in [-0.1, -0.05) is 29.8 Å². The quantitative estimate of drug-likeness (QED) is 0.357. The van der Waals surface area contributed by atoms with Crippen molar-refractivity contribution in [3.05, 3.63) is 75.1 Å². The Kier molecular flexibility index (Phi) is 6.90. The molecule has 0 unspecified atom stereocenters. The molecule has 1 aliphatic rings. The third-order valence-electron chi connectivity index (χ3n) is 5.41. The second kappa shape index (κ2) is 9.89. The fraction of sp³-hybridized carbons (Fsp3) is 0.208. The van der Waals surface area contributed by atoms with Gasteiger partial charge in [0.2, 0.25) is 5.91 Å². The molecule has 35 heavy (non-hydrogen) atoms. The Morgan fingerprint density at radius 3 is 2.54 bits per heavy atom. The van der Waals surface area contributed by atoms with Crippen LogP contribution in [0.5, 0.6) is 11.5 Å². The highest BCUT2D eigenvalue weighted by atomic mass is 35.5. The molecule has 0 aliphatic heterocycles. The summed E-state index contributed by atoms with van der Waals surface area (Å²) in [5, 5.41) is 7.33. The van der Waals surface area contributed by atoms with Crippen molar-refractivity contribution in [2.45, 2.75) is 12.8 Å². The average Bonchev–Trinajstić information content (AvgIpc) is 3.41. The Bertz CT molecular complexity index is 1370. The highest BCUT2D eigenvalue weighted by Gasteiger charge is 2.28. The van der Waals surface area contributed by atoms with Crippen LogP contribution in [-0.4, -0.2) is 45.7 Å². The summed E-state index contributed by atoms with van der Waals surface area (Å²) < 4.78 is 12.1. The number of halogens is 2. The van der Waals surface area contributed by atoms with Gasteiger partial charge in [0.05, 0.1) is 53.3 Å². The molecule has 11 heteroatoms. The average molecular weight is 514 g/mol. The number of hydrogen-bond acceptors (Lipinski definition) is 7. The summed E-state index contributed by atoms with van der Waals surface area (Å²) in [7, 11) is 4.64. The molecule has 1 aliphatic carbocycles. The Hall–Kier alpha value is -3.69. The van der Waals surface area contributed by atoms with Crippen LogP contribution in [0.4, 0.5) is 5.69 Å². The molecule has 0 spiro atoms. The number of fused-ring (bicyclic) bond motifs is 1. The maximum absolute atomic E-state index is 13.4. The van der Waals surface area contributed by atoms with E-state index in [-0.39, 0.29) is 45.2 Å². The van der Waals surface area contributed by atoms with E-state index in [1.807, 2.05) is 0 Å². The lowest BCUT2D eigenvalue weighted by atomic mass is 10.0. The molecular formula is C24H21Cl2N5O4. The minimum Gasteiger partial charge on any atom is -0.495 e. The molecule has 0 fully saturated rings. The number of nitrogens with zero attached hydrogens (tertiary/aromatic N) is 4. The number of ketones is 1. The van der Waals surface area contributed by atoms with Gasteiger partial charge in [-0.25, -0.2) is 9.97 Å². The van der Waals surface area contributed by atoms with E-state index in [1.165, 1.54) is 26.4 Å². The van der Waals surface area contributed by atoms with E-state index in [4.69, 9.17) is 32.7 Å². The molecule has 1 amide bonds. The number of methoxy groups -OCH3 is 2. The zero-order chi connectivity index (χ0) is 25.3. The van der Waals surface area contributed by atoms with Gasteiger partial charge in [-0.3, -0.25) is 14.3 Å². The lowest BCUT2D eigenvalue weighted by molar-refractivity contribution is -0.111. The topological polar surface area (TPSA) is 108 Å². The van der Waals surface area contributed by atoms with Gasteiger partial charge in [0.1, 0.15) is 17.3 Å². The second-order valence-corrected chi connectivity index (χ2v) is 8.45. The van der Waals surface area contributed by atoms with E-state index in [0.717, 1.165) is 5.56 Å². The number of rotatable bonds is 8. The molecule has 0 bridgehead atoms. The van der Waals surface area contributed by atoms with Crippen LogP contribution < -0.4 is 14.8 Å². The van der Waals surface area contributed by atoms with Crippen LogP contribution in [-0.2, 0) is 24.7 Å². The Labute approximate surface area is 211 Å². The van der Waals surface area contributed by atoms with Crippen molar-refractivity contribution in [1.82, 2.24) is 19.7 Å². The first kappa shape index (κ1) is 24.4. The van der Waals surface area contributed by atoms with E-state index < -0.39 is 0 Å². The molecular weight excluding hydrogens is 493 g/mol. The van der Waals surface area contributed by atoms with Gasteiger partial charge in [0.15, 0.2) is 5.78 Å². The first-order valence-electron chi connectivity index (χ1n) is 10.4. The molecule has 0 saturated heterocycles. The molecule has 2 heterocycles. The molecule has 2 aromatic heterocycles. The summed E-state index contributed by atoms with van der Waals surface area (Å²) in [6.07, 6.45) is 6.85. The molecule has 180 valence electrons. The number of anilines is 1. The van der Waals surface area contributed by atoms with Crippen molar-refractivity contribution >= 4 is 46.7 Å². The lowest BCUT2D eigenvalue weighted by Gasteiger charge is -2.14. The van der Waals surface area contributed by atoms with Gasteiger partial charge < -0.3 is 14.8 Å². The predicted molar refractivity (Wildman–Crippen MR) is 132 cm³/mol. The number of carbonyl (C=O) groups excluding carboxylic acids is 2. The number of amides is 1. The van der Waals surface area contributed by atoms with E-state index in [0.29, 0.717) is 34.9 Å². The van der Waals surface area contributed by atoms with Crippen LogP contribution in [0.2, 0.25) is 10.0 Å². The highest BCUT2D eigenvalue weighted by molar-refractivity contribution is 6.43. The van der Waals surface area contributed by atoms with E-state index in [2.05, 4.69) is 27.0 Å². The number of aryl methyl sites for hydroxylation is 1. The van der Waals surface area contributed by atoms with Gasteiger partial charge in [-0.15, -0.1) is 0 Å². The zero-order valence-corrected chi connectivity index (χ0v) is 20.7. The van der Waals surface area contributed by atoms with Gasteiger partial charge in [-0.2, -0.15) is 5.10 Å². The maximum atomic E-state index is 13.4. The minimum absolute atomic E-state index is 0.104. The maximum Gasteiger partial charge on any atom is 0.247 e. The van der Waals surface area contributed by atoms with Crippen molar-refractivity contribution in [2.75, 3.05) is 19.5 Å². The summed E-state index contributed by atoms with van der Waals surface area (Å²) in [4.78, 5) is 34.1. The Morgan fingerprint density at radius 1 is 1.23 bits per heavy atom. The predicted octanol–water partition coefficient (Wildman–Crippen LogP) is 4.07. The fourth-order valence-electron chi connectivity index (χ4n) is 3.72. The van der Waals surface area contributed by atoms with Gasteiger partial charge in [-0.05, 0) is 12.2 Å². The van der Waals surface area contributed by atoms with Gasteiger partial charge in [0, 0.05) is 43.1 Å². The summed E-state index contributed by atoms with van der Waals surface area (Å²) in [5.41, 5.74) is 3.12. The van der Waals surface area contributed by atoms with Gasteiger partial charge >= 0.3 is 0 Å². The lowest BCUT2D eigenvalue weighted by Crippen LogP contribution is -2.09. The first-order chi connectivity index (χ1) is 16.7. The number of benzene rings is 1. The van der Waals surface area contributed by atoms with E-state index in [1.54, 1.807) is 30.2 Å². The van der Waals surface area contributed by atoms with Crippen molar-refractivity contribution in [1.29, 1.82) is 0 Å².